The molecule has 2 aromatic rings. The molecule has 0 radical (unpaired) electrons. The van der Waals surface area contributed by atoms with E-state index in [2.05, 4.69) is 25.0 Å². The first-order valence-electron chi connectivity index (χ1n) is 7.71. The fourth-order valence-electron chi connectivity index (χ4n) is 2.64. The van der Waals surface area contributed by atoms with Crippen molar-refractivity contribution < 1.29 is 13.2 Å². The first-order valence-corrected chi connectivity index (χ1v) is 7.71. The minimum atomic E-state index is -4.39. The Balaban J connectivity index is 1.54. The summed E-state index contributed by atoms with van der Waals surface area (Å²) in [6.45, 7) is 5.75. The van der Waals surface area contributed by atoms with Crippen molar-refractivity contribution in [1.82, 2.24) is 20.1 Å². The number of aromatic nitrogens is 3. The highest BCUT2D eigenvalue weighted by atomic mass is 19.4. The van der Waals surface area contributed by atoms with Gasteiger partial charge in [0.15, 0.2) is 5.82 Å². The second kappa shape index (κ2) is 6.72. The van der Waals surface area contributed by atoms with Gasteiger partial charge in [-0.3, -0.25) is 9.88 Å². The molecule has 1 saturated heterocycles. The Morgan fingerprint density at radius 1 is 1.00 bits per heavy atom. The molecule has 0 saturated carbocycles. The van der Waals surface area contributed by atoms with Crippen LogP contribution < -0.4 is 4.90 Å². The molecule has 0 amide bonds. The Labute approximate surface area is 138 Å². The van der Waals surface area contributed by atoms with Crippen LogP contribution in [0.3, 0.4) is 0 Å². The maximum absolute atomic E-state index is 12.5. The topological polar surface area (TPSA) is 45.2 Å². The van der Waals surface area contributed by atoms with Gasteiger partial charge in [-0.2, -0.15) is 18.3 Å². The number of nitrogens with zero attached hydrogens (tertiary/aromatic N) is 5. The first kappa shape index (κ1) is 16.6. The zero-order valence-electron chi connectivity index (χ0n) is 13.3. The molecule has 0 aromatic carbocycles. The van der Waals surface area contributed by atoms with Crippen LogP contribution in [-0.4, -0.2) is 46.3 Å². The van der Waals surface area contributed by atoms with Crippen LogP contribution in [0.1, 0.15) is 17.0 Å². The Morgan fingerprint density at radius 2 is 1.75 bits per heavy atom. The third-order valence-electron chi connectivity index (χ3n) is 4.00. The molecular weight excluding hydrogens is 319 g/mol. The van der Waals surface area contributed by atoms with E-state index in [0.29, 0.717) is 6.54 Å². The highest BCUT2D eigenvalue weighted by Gasteiger charge is 2.32. The predicted octanol–water partition coefficient (Wildman–Crippen LogP) is 2.52. The number of aryl methyl sites for hydroxylation is 1. The Kier molecular flexibility index (Phi) is 4.66. The molecule has 3 rings (SSSR count). The summed E-state index contributed by atoms with van der Waals surface area (Å²) in [7, 11) is 0. The monoisotopic (exact) mass is 337 g/mol. The third-order valence-corrected chi connectivity index (χ3v) is 4.00. The Hall–Kier alpha value is -2.22. The van der Waals surface area contributed by atoms with Crippen LogP contribution in [0.2, 0.25) is 0 Å². The normalized spacial score (nSPS) is 16.4. The third kappa shape index (κ3) is 4.00. The lowest BCUT2D eigenvalue weighted by Crippen LogP contribution is -2.46. The highest BCUT2D eigenvalue weighted by molar-refractivity contribution is 5.37. The van der Waals surface area contributed by atoms with Crippen molar-refractivity contribution in [2.24, 2.45) is 0 Å². The number of alkyl halides is 3. The molecule has 5 nitrogen and oxygen atoms in total. The van der Waals surface area contributed by atoms with E-state index < -0.39 is 11.9 Å². The van der Waals surface area contributed by atoms with Crippen LogP contribution in [0, 0.1) is 6.92 Å². The fourth-order valence-corrected chi connectivity index (χ4v) is 2.64. The van der Waals surface area contributed by atoms with E-state index in [1.807, 2.05) is 19.1 Å². The van der Waals surface area contributed by atoms with Crippen LogP contribution in [0.5, 0.6) is 0 Å². The zero-order chi connectivity index (χ0) is 17.2. The van der Waals surface area contributed by atoms with Crippen LogP contribution in [0.15, 0.2) is 30.5 Å². The van der Waals surface area contributed by atoms with Gasteiger partial charge >= 0.3 is 6.18 Å². The number of piperazine rings is 1. The van der Waals surface area contributed by atoms with Gasteiger partial charge in [-0.1, -0.05) is 6.07 Å². The van der Waals surface area contributed by atoms with E-state index in [1.165, 1.54) is 12.3 Å². The summed E-state index contributed by atoms with van der Waals surface area (Å²) >= 11 is 0. The van der Waals surface area contributed by atoms with Crippen molar-refractivity contribution in [1.29, 1.82) is 0 Å². The SMILES string of the molecule is Cc1ccc(N2CCN(Cc3ccc(C(F)(F)F)nc3)CC2)nn1. The summed E-state index contributed by atoms with van der Waals surface area (Å²) in [4.78, 5) is 7.86. The molecule has 0 aliphatic carbocycles. The average Bonchev–Trinajstić information content (AvgIpc) is 2.56. The van der Waals surface area contributed by atoms with E-state index in [1.54, 1.807) is 0 Å². The molecule has 3 heterocycles. The van der Waals surface area contributed by atoms with Gasteiger partial charge in [0.25, 0.3) is 0 Å². The largest absolute Gasteiger partial charge is 0.433 e. The summed E-state index contributed by atoms with van der Waals surface area (Å²) in [5, 5.41) is 8.25. The molecule has 0 atom stereocenters. The summed E-state index contributed by atoms with van der Waals surface area (Å²) in [5.41, 5.74) is 0.813. The summed E-state index contributed by atoms with van der Waals surface area (Å²) in [5.74, 6) is 0.858. The smallest absolute Gasteiger partial charge is 0.353 e. The lowest BCUT2D eigenvalue weighted by molar-refractivity contribution is -0.141. The minimum Gasteiger partial charge on any atom is -0.353 e. The van der Waals surface area contributed by atoms with Crippen molar-refractivity contribution in [3.63, 3.8) is 0 Å². The van der Waals surface area contributed by atoms with Crippen molar-refractivity contribution in [3.05, 3.63) is 47.4 Å². The van der Waals surface area contributed by atoms with Crippen molar-refractivity contribution >= 4 is 5.82 Å². The van der Waals surface area contributed by atoms with E-state index >= 15 is 0 Å². The van der Waals surface area contributed by atoms with E-state index in [-0.39, 0.29) is 0 Å². The highest BCUT2D eigenvalue weighted by Crippen LogP contribution is 2.27. The van der Waals surface area contributed by atoms with Crippen LogP contribution >= 0.6 is 0 Å². The van der Waals surface area contributed by atoms with E-state index in [9.17, 15) is 13.2 Å². The Morgan fingerprint density at radius 3 is 2.29 bits per heavy atom. The van der Waals surface area contributed by atoms with Crippen molar-refractivity contribution in [3.8, 4) is 0 Å². The van der Waals surface area contributed by atoms with Gasteiger partial charge in [0, 0.05) is 38.9 Å². The van der Waals surface area contributed by atoms with E-state index in [0.717, 1.165) is 49.3 Å². The summed E-state index contributed by atoms with van der Waals surface area (Å²) in [6.07, 6.45) is -3.08. The second-order valence-electron chi connectivity index (χ2n) is 5.85. The molecular formula is C16H18F3N5. The molecule has 1 fully saturated rings. The standard InChI is InChI=1S/C16H18F3N5/c1-12-2-5-15(22-21-12)24-8-6-23(7-9-24)11-13-3-4-14(20-10-13)16(17,18)19/h2-5,10H,6-9,11H2,1H3. The van der Waals surface area contributed by atoms with Crippen LogP contribution in [0.25, 0.3) is 0 Å². The molecule has 0 spiro atoms. The van der Waals surface area contributed by atoms with Crippen LogP contribution in [-0.2, 0) is 12.7 Å². The molecule has 0 unspecified atom stereocenters. The lowest BCUT2D eigenvalue weighted by Gasteiger charge is -2.35. The van der Waals surface area contributed by atoms with Gasteiger partial charge in [0.1, 0.15) is 5.69 Å². The van der Waals surface area contributed by atoms with Crippen molar-refractivity contribution in [2.45, 2.75) is 19.6 Å². The van der Waals surface area contributed by atoms with Gasteiger partial charge in [0.2, 0.25) is 0 Å². The fraction of sp³-hybridized carbons (Fsp3) is 0.438. The molecule has 1 aliphatic heterocycles. The zero-order valence-corrected chi connectivity index (χ0v) is 13.3. The maximum Gasteiger partial charge on any atom is 0.433 e. The number of hydrogen-bond acceptors (Lipinski definition) is 5. The molecule has 1 aliphatic rings. The molecule has 24 heavy (non-hydrogen) atoms. The molecule has 8 heteroatoms. The summed E-state index contributed by atoms with van der Waals surface area (Å²) < 4.78 is 37.6. The van der Waals surface area contributed by atoms with E-state index in [4.69, 9.17) is 0 Å². The number of hydrogen-bond donors (Lipinski definition) is 0. The predicted molar refractivity (Wildman–Crippen MR) is 83.5 cm³/mol. The summed E-state index contributed by atoms with van der Waals surface area (Å²) in [6, 6.07) is 6.42. The number of pyridine rings is 1. The van der Waals surface area contributed by atoms with Crippen molar-refractivity contribution in [2.75, 3.05) is 31.1 Å². The van der Waals surface area contributed by atoms with Gasteiger partial charge in [0.05, 0.1) is 5.69 Å². The quantitative estimate of drug-likeness (QED) is 0.861. The molecule has 0 bridgehead atoms. The maximum atomic E-state index is 12.5. The van der Waals surface area contributed by atoms with Crippen LogP contribution in [0.4, 0.5) is 19.0 Å². The number of rotatable bonds is 3. The second-order valence-corrected chi connectivity index (χ2v) is 5.85. The molecule has 2 aromatic heterocycles. The molecule has 0 N–H and O–H groups in total. The van der Waals surface area contributed by atoms with Gasteiger partial charge < -0.3 is 4.90 Å². The first-order chi connectivity index (χ1) is 11.4. The Bertz CT molecular complexity index is 662. The van der Waals surface area contributed by atoms with Gasteiger partial charge in [-0.05, 0) is 30.7 Å². The average molecular weight is 337 g/mol. The molecule has 128 valence electrons. The van der Waals surface area contributed by atoms with Gasteiger partial charge in [-0.15, -0.1) is 5.10 Å². The van der Waals surface area contributed by atoms with Gasteiger partial charge in [-0.25, -0.2) is 0 Å². The number of anilines is 1. The minimum absolute atomic E-state index is 0.596. The number of halogens is 3. The lowest BCUT2D eigenvalue weighted by atomic mass is 10.2.